The van der Waals surface area contributed by atoms with Crippen LogP contribution in [0.3, 0.4) is 0 Å². The quantitative estimate of drug-likeness (QED) is 0.434. The molecule has 0 aromatic heterocycles. The van der Waals surface area contributed by atoms with Gasteiger partial charge in [0.25, 0.3) is 5.91 Å². The Morgan fingerprint density at radius 2 is 2.08 bits per heavy atom. The maximum Gasteiger partial charge on any atom is 0.266 e. The second-order valence-corrected chi connectivity index (χ2v) is 9.68. The predicted octanol–water partition coefficient (Wildman–Crippen LogP) is 2.64. The van der Waals surface area contributed by atoms with E-state index in [0.717, 1.165) is 11.3 Å². The minimum absolute atomic E-state index is 0.0118. The molecule has 1 aromatic rings. The van der Waals surface area contributed by atoms with E-state index < -0.39 is 9.84 Å². The maximum absolute atomic E-state index is 12.6. The zero-order valence-electron chi connectivity index (χ0n) is 13.4. The number of hydrogen-bond donors (Lipinski definition) is 0. The minimum atomic E-state index is -3.07. The average Bonchev–Trinajstić information content (AvgIpc) is 3.05. The maximum atomic E-state index is 12.6. The van der Waals surface area contributed by atoms with Crippen LogP contribution in [0.4, 0.5) is 0 Å². The number of ether oxygens (including phenoxy) is 1. The van der Waals surface area contributed by atoms with Gasteiger partial charge in [-0.1, -0.05) is 48.8 Å². The number of carbonyl (C=O) groups excluding carboxylic acids is 1. The minimum Gasteiger partial charge on any atom is -0.490 e. The number of carbonyl (C=O) groups is 1. The largest absolute Gasteiger partial charge is 0.490 e. The van der Waals surface area contributed by atoms with E-state index >= 15 is 0 Å². The molecule has 1 atom stereocenters. The Hall–Kier alpha value is -1.64. The van der Waals surface area contributed by atoms with Crippen molar-refractivity contribution in [2.24, 2.45) is 0 Å². The summed E-state index contributed by atoms with van der Waals surface area (Å²) in [6.07, 6.45) is 3.87. The van der Waals surface area contributed by atoms with Crippen molar-refractivity contribution in [2.75, 3.05) is 18.1 Å². The van der Waals surface area contributed by atoms with Crippen LogP contribution < -0.4 is 4.74 Å². The molecule has 0 spiro atoms. The van der Waals surface area contributed by atoms with Crippen molar-refractivity contribution in [1.82, 2.24) is 4.90 Å². The van der Waals surface area contributed by atoms with Crippen LogP contribution >= 0.6 is 24.0 Å². The van der Waals surface area contributed by atoms with Crippen molar-refractivity contribution >= 4 is 50.1 Å². The third-order valence-electron chi connectivity index (χ3n) is 3.94. The summed E-state index contributed by atoms with van der Waals surface area (Å²) in [6, 6.07) is 6.99. The fraction of sp³-hybridized carbons (Fsp3) is 0.294. The van der Waals surface area contributed by atoms with Crippen molar-refractivity contribution in [3.05, 3.63) is 47.4 Å². The van der Waals surface area contributed by atoms with Crippen LogP contribution in [-0.2, 0) is 14.6 Å². The van der Waals surface area contributed by atoms with Crippen LogP contribution in [0.5, 0.6) is 5.75 Å². The Kier molecular flexibility index (Phi) is 5.31. The summed E-state index contributed by atoms with van der Waals surface area (Å²) in [5.74, 6) is 0.604. The molecule has 2 aliphatic heterocycles. The molecule has 2 saturated heterocycles. The van der Waals surface area contributed by atoms with Gasteiger partial charge in [0.15, 0.2) is 9.84 Å². The van der Waals surface area contributed by atoms with Crippen molar-refractivity contribution in [2.45, 2.75) is 12.5 Å². The number of rotatable bonds is 5. The predicted molar refractivity (Wildman–Crippen MR) is 104 cm³/mol. The van der Waals surface area contributed by atoms with Gasteiger partial charge in [-0.2, -0.15) is 0 Å². The summed E-state index contributed by atoms with van der Waals surface area (Å²) in [6.45, 7) is 4.03. The summed E-state index contributed by atoms with van der Waals surface area (Å²) >= 11 is 6.51. The first-order valence-electron chi connectivity index (χ1n) is 7.71. The molecule has 2 heterocycles. The molecule has 0 bridgehead atoms. The summed E-state index contributed by atoms with van der Waals surface area (Å²) in [5, 5.41) is 0. The molecule has 3 rings (SSSR count). The molecular weight excluding hydrogens is 378 g/mol. The van der Waals surface area contributed by atoms with Crippen molar-refractivity contribution in [1.29, 1.82) is 0 Å². The first-order valence-corrected chi connectivity index (χ1v) is 10.8. The Balaban J connectivity index is 1.75. The monoisotopic (exact) mass is 395 g/mol. The molecule has 0 N–H and O–H groups in total. The molecule has 2 aliphatic rings. The van der Waals surface area contributed by atoms with Crippen LogP contribution in [0.1, 0.15) is 12.0 Å². The highest BCUT2D eigenvalue weighted by Crippen LogP contribution is 2.36. The fourth-order valence-electron chi connectivity index (χ4n) is 2.74. The Morgan fingerprint density at radius 1 is 1.36 bits per heavy atom. The summed E-state index contributed by atoms with van der Waals surface area (Å²) in [4.78, 5) is 14.6. The second kappa shape index (κ2) is 7.31. The molecule has 2 fully saturated rings. The van der Waals surface area contributed by atoms with Gasteiger partial charge in [0.1, 0.15) is 16.7 Å². The molecule has 8 heteroatoms. The highest BCUT2D eigenvalue weighted by molar-refractivity contribution is 8.26. The first kappa shape index (κ1) is 18.2. The lowest BCUT2D eigenvalue weighted by Crippen LogP contribution is -2.39. The first-order chi connectivity index (χ1) is 11.9. The number of hydrogen-bond acceptors (Lipinski definition) is 6. The smallest absolute Gasteiger partial charge is 0.266 e. The van der Waals surface area contributed by atoms with Gasteiger partial charge in [-0.25, -0.2) is 8.42 Å². The zero-order valence-corrected chi connectivity index (χ0v) is 15.8. The van der Waals surface area contributed by atoms with E-state index in [9.17, 15) is 13.2 Å². The molecule has 132 valence electrons. The van der Waals surface area contributed by atoms with Gasteiger partial charge in [0.2, 0.25) is 0 Å². The van der Waals surface area contributed by atoms with Crippen LogP contribution in [0, 0.1) is 0 Å². The highest BCUT2D eigenvalue weighted by atomic mass is 32.2. The lowest BCUT2D eigenvalue weighted by Gasteiger charge is -2.20. The molecule has 25 heavy (non-hydrogen) atoms. The van der Waals surface area contributed by atoms with Crippen molar-refractivity contribution in [3.63, 3.8) is 0 Å². The lowest BCUT2D eigenvalue weighted by molar-refractivity contribution is -0.123. The van der Waals surface area contributed by atoms with Crippen LogP contribution in [0.2, 0.25) is 0 Å². The molecule has 1 amide bonds. The third kappa shape index (κ3) is 4.13. The van der Waals surface area contributed by atoms with E-state index in [2.05, 4.69) is 6.58 Å². The second-order valence-electron chi connectivity index (χ2n) is 5.78. The third-order valence-corrected chi connectivity index (χ3v) is 7.02. The van der Waals surface area contributed by atoms with Gasteiger partial charge in [-0.05, 0) is 30.2 Å². The molecule has 1 aromatic carbocycles. The molecule has 0 saturated carbocycles. The van der Waals surface area contributed by atoms with Gasteiger partial charge in [-0.3, -0.25) is 9.69 Å². The van der Waals surface area contributed by atoms with Gasteiger partial charge in [0, 0.05) is 0 Å². The van der Waals surface area contributed by atoms with E-state index in [0.29, 0.717) is 22.3 Å². The van der Waals surface area contributed by atoms with Gasteiger partial charge < -0.3 is 4.74 Å². The van der Waals surface area contributed by atoms with E-state index in [1.807, 2.05) is 24.3 Å². The van der Waals surface area contributed by atoms with Gasteiger partial charge in [0.05, 0.1) is 22.5 Å². The van der Waals surface area contributed by atoms with Gasteiger partial charge >= 0.3 is 0 Å². The number of amides is 1. The number of sulfone groups is 1. The number of thioether (sulfide) groups is 1. The number of thiocarbonyl (C=S) groups is 1. The number of benzene rings is 1. The zero-order chi connectivity index (χ0) is 18.0. The highest BCUT2D eigenvalue weighted by Gasteiger charge is 2.42. The van der Waals surface area contributed by atoms with Crippen molar-refractivity contribution in [3.8, 4) is 5.75 Å². The van der Waals surface area contributed by atoms with E-state index in [-0.39, 0.29) is 23.5 Å². The molecule has 0 aliphatic carbocycles. The topological polar surface area (TPSA) is 63.7 Å². The van der Waals surface area contributed by atoms with Crippen LogP contribution in [-0.4, -0.2) is 47.7 Å². The summed E-state index contributed by atoms with van der Waals surface area (Å²) in [5.41, 5.74) is 0.852. The fourth-order valence-corrected chi connectivity index (χ4v) is 5.84. The van der Waals surface area contributed by atoms with E-state index in [4.69, 9.17) is 17.0 Å². The van der Waals surface area contributed by atoms with E-state index in [1.54, 1.807) is 12.2 Å². The molecule has 0 radical (unpaired) electrons. The Bertz CT molecular complexity index is 843. The average molecular weight is 396 g/mol. The molecular formula is C17H17NO4S3. The molecule has 0 unspecified atom stereocenters. The standard InChI is InChI=1S/C17H17NO4S3/c1-2-8-22-14-5-3-12(4-6-14)10-15-16(19)18(17(23)24-15)13-7-9-25(20,21)11-13/h2-6,10,13H,1,7-9,11H2/b15-10-/t13-/m1/s1. The van der Waals surface area contributed by atoms with Crippen molar-refractivity contribution < 1.29 is 17.9 Å². The number of nitrogens with zero attached hydrogens (tertiary/aromatic N) is 1. The molecule has 5 nitrogen and oxygen atoms in total. The normalized spacial score (nSPS) is 24.1. The van der Waals surface area contributed by atoms with E-state index in [1.165, 1.54) is 16.7 Å². The van der Waals surface area contributed by atoms with Crippen LogP contribution in [0.25, 0.3) is 6.08 Å². The summed E-state index contributed by atoms with van der Waals surface area (Å²) < 4.78 is 29.2. The Morgan fingerprint density at radius 3 is 2.68 bits per heavy atom. The van der Waals surface area contributed by atoms with Gasteiger partial charge in [-0.15, -0.1) is 0 Å². The Labute approximate surface area is 156 Å². The lowest BCUT2D eigenvalue weighted by atomic mass is 10.2. The van der Waals surface area contributed by atoms with Crippen LogP contribution in [0.15, 0.2) is 41.8 Å². The SMILES string of the molecule is C=CCOc1ccc(/C=C2\SC(=S)N([C@@H]3CCS(=O)(=O)C3)C2=O)cc1. The summed E-state index contributed by atoms with van der Waals surface area (Å²) in [7, 11) is -3.07.